The molecule has 0 amide bonds. The second-order valence-corrected chi connectivity index (χ2v) is 3.83. The highest BCUT2D eigenvalue weighted by atomic mass is 35.5. The van der Waals surface area contributed by atoms with Crippen LogP contribution in [0, 0.1) is 0 Å². The third-order valence-electron chi connectivity index (χ3n) is 2.71. The van der Waals surface area contributed by atoms with Gasteiger partial charge in [0.2, 0.25) is 0 Å². The van der Waals surface area contributed by atoms with Crippen molar-refractivity contribution >= 4 is 12.4 Å². The average molecular weight is 245 g/mol. The Morgan fingerprint density at radius 2 is 2.06 bits per heavy atom. The number of rotatable bonds is 2. The highest BCUT2D eigenvalue weighted by Crippen LogP contribution is 2.13. The summed E-state index contributed by atoms with van der Waals surface area (Å²) in [5, 5.41) is 3.28. The standard InChI is InChI=1S/C11H16N2O2.ClH/c1-13-10(14)3-2-4-11(13)15-9-5-7-12-8-6-9;/h2-4,9,12H,5-8H2,1H3;1H. The number of nitrogens with zero attached hydrogens (tertiary/aromatic N) is 1. The number of ether oxygens (including phenoxy) is 1. The molecule has 0 unspecified atom stereocenters. The van der Waals surface area contributed by atoms with Crippen LogP contribution in [0.5, 0.6) is 5.88 Å². The van der Waals surface area contributed by atoms with E-state index >= 15 is 0 Å². The molecular formula is C11H17ClN2O2. The van der Waals surface area contributed by atoms with Gasteiger partial charge in [-0.2, -0.15) is 0 Å². The van der Waals surface area contributed by atoms with E-state index in [0.717, 1.165) is 25.9 Å². The lowest BCUT2D eigenvalue weighted by atomic mass is 10.1. The summed E-state index contributed by atoms with van der Waals surface area (Å²) >= 11 is 0. The Balaban J connectivity index is 0.00000128. The average Bonchev–Trinajstić information content (AvgIpc) is 2.26. The minimum Gasteiger partial charge on any atom is -0.475 e. The summed E-state index contributed by atoms with van der Waals surface area (Å²) in [7, 11) is 1.73. The topological polar surface area (TPSA) is 43.3 Å². The quantitative estimate of drug-likeness (QED) is 0.842. The molecule has 1 fully saturated rings. The Morgan fingerprint density at radius 3 is 2.75 bits per heavy atom. The SMILES string of the molecule is Cl.Cn1c(OC2CCNCC2)cccc1=O. The second-order valence-electron chi connectivity index (χ2n) is 3.83. The Bertz CT molecular complexity index is 386. The monoisotopic (exact) mass is 244 g/mol. The molecule has 2 rings (SSSR count). The Hall–Kier alpha value is -1.00. The second kappa shape index (κ2) is 5.92. The molecule has 4 nitrogen and oxygen atoms in total. The van der Waals surface area contributed by atoms with E-state index in [0.29, 0.717) is 5.88 Å². The lowest BCUT2D eigenvalue weighted by molar-refractivity contribution is 0.149. The fourth-order valence-electron chi connectivity index (χ4n) is 1.75. The van der Waals surface area contributed by atoms with Crippen LogP contribution in [0.1, 0.15) is 12.8 Å². The maximum atomic E-state index is 11.4. The van der Waals surface area contributed by atoms with Gasteiger partial charge in [0.25, 0.3) is 5.56 Å². The van der Waals surface area contributed by atoms with Crippen molar-refractivity contribution in [3.05, 3.63) is 28.6 Å². The van der Waals surface area contributed by atoms with Gasteiger partial charge in [-0.1, -0.05) is 6.07 Å². The van der Waals surface area contributed by atoms with E-state index in [-0.39, 0.29) is 24.1 Å². The van der Waals surface area contributed by atoms with Crippen molar-refractivity contribution in [3.63, 3.8) is 0 Å². The van der Waals surface area contributed by atoms with Gasteiger partial charge < -0.3 is 10.1 Å². The van der Waals surface area contributed by atoms with Crippen molar-refractivity contribution < 1.29 is 4.74 Å². The first-order chi connectivity index (χ1) is 7.27. The lowest BCUT2D eigenvalue weighted by Crippen LogP contribution is -2.35. The number of hydrogen-bond acceptors (Lipinski definition) is 3. The van der Waals surface area contributed by atoms with E-state index in [1.165, 1.54) is 6.07 Å². The fourth-order valence-corrected chi connectivity index (χ4v) is 1.75. The maximum absolute atomic E-state index is 11.4. The molecule has 90 valence electrons. The number of hydrogen-bond donors (Lipinski definition) is 1. The van der Waals surface area contributed by atoms with Crippen molar-refractivity contribution in [1.82, 2.24) is 9.88 Å². The molecule has 0 spiro atoms. The predicted octanol–water partition coefficient (Wildman–Crippen LogP) is 0.938. The molecule has 5 heteroatoms. The van der Waals surface area contributed by atoms with Gasteiger partial charge in [0.1, 0.15) is 6.10 Å². The normalized spacial score (nSPS) is 16.6. The van der Waals surface area contributed by atoms with E-state index in [9.17, 15) is 4.79 Å². The van der Waals surface area contributed by atoms with Gasteiger partial charge >= 0.3 is 0 Å². The van der Waals surface area contributed by atoms with Gasteiger partial charge in [-0.25, -0.2) is 0 Å². The van der Waals surface area contributed by atoms with Crippen LogP contribution in [0.15, 0.2) is 23.0 Å². The molecule has 1 aliphatic rings. The molecule has 0 atom stereocenters. The number of halogens is 1. The zero-order valence-corrected chi connectivity index (χ0v) is 10.1. The molecule has 1 aromatic rings. The number of nitrogens with one attached hydrogen (secondary N) is 1. The molecule has 0 bridgehead atoms. The van der Waals surface area contributed by atoms with Crippen LogP contribution in [-0.4, -0.2) is 23.8 Å². The van der Waals surface area contributed by atoms with Crippen molar-refractivity contribution in [1.29, 1.82) is 0 Å². The van der Waals surface area contributed by atoms with Gasteiger partial charge in [0, 0.05) is 13.1 Å². The summed E-state index contributed by atoms with van der Waals surface area (Å²) in [6.07, 6.45) is 2.24. The van der Waals surface area contributed by atoms with Crippen LogP contribution >= 0.6 is 12.4 Å². The van der Waals surface area contributed by atoms with E-state index in [1.807, 2.05) is 6.07 Å². The van der Waals surface area contributed by atoms with Crippen LogP contribution < -0.4 is 15.6 Å². The predicted molar refractivity (Wildman–Crippen MR) is 65.5 cm³/mol. The molecule has 16 heavy (non-hydrogen) atoms. The molecule has 1 aliphatic heterocycles. The van der Waals surface area contributed by atoms with E-state index in [2.05, 4.69) is 5.32 Å². The molecule has 2 heterocycles. The summed E-state index contributed by atoms with van der Waals surface area (Å²) in [6, 6.07) is 5.11. The van der Waals surface area contributed by atoms with Gasteiger partial charge in [-0.05, 0) is 32.0 Å². The van der Waals surface area contributed by atoms with Crippen LogP contribution in [0.25, 0.3) is 0 Å². The summed E-state index contributed by atoms with van der Waals surface area (Å²) < 4.78 is 7.33. The van der Waals surface area contributed by atoms with Gasteiger partial charge in [0.05, 0.1) is 0 Å². The third kappa shape index (κ3) is 3.00. The zero-order chi connectivity index (χ0) is 10.7. The molecule has 1 saturated heterocycles. The van der Waals surface area contributed by atoms with Crippen LogP contribution in [0.3, 0.4) is 0 Å². The van der Waals surface area contributed by atoms with Crippen molar-refractivity contribution in [2.45, 2.75) is 18.9 Å². The van der Waals surface area contributed by atoms with E-state index in [1.54, 1.807) is 17.7 Å². The number of pyridine rings is 1. The molecule has 0 radical (unpaired) electrons. The van der Waals surface area contributed by atoms with Crippen molar-refractivity contribution in [2.24, 2.45) is 7.05 Å². The minimum absolute atomic E-state index is 0. The molecular weight excluding hydrogens is 228 g/mol. The Labute approximate surface area is 101 Å². The van der Waals surface area contributed by atoms with E-state index in [4.69, 9.17) is 4.74 Å². The minimum atomic E-state index is -0.0264. The van der Waals surface area contributed by atoms with E-state index < -0.39 is 0 Å². The first-order valence-corrected chi connectivity index (χ1v) is 5.31. The van der Waals surface area contributed by atoms with Gasteiger partial charge in [0.15, 0.2) is 5.88 Å². The summed E-state index contributed by atoms with van der Waals surface area (Å²) in [6.45, 7) is 1.98. The first-order valence-electron chi connectivity index (χ1n) is 5.31. The van der Waals surface area contributed by atoms with Crippen molar-refractivity contribution in [2.75, 3.05) is 13.1 Å². The summed E-state index contributed by atoms with van der Waals surface area (Å²) in [5.41, 5.74) is -0.0264. The zero-order valence-electron chi connectivity index (χ0n) is 9.31. The largest absolute Gasteiger partial charge is 0.475 e. The molecule has 0 saturated carbocycles. The van der Waals surface area contributed by atoms with Crippen LogP contribution in [0.2, 0.25) is 0 Å². The molecule has 1 N–H and O–H groups in total. The van der Waals surface area contributed by atoms with Gasteiger partial charge in [-0.3, -0.25) is 9.36 Å². The summed E-state index contributed by atoms with van der Waals surface area (Å²) in [5.74, 6) is 0.661. The smallest absolute Gasteiger partial charge is 0.253 e. The molecule has 0 aromatic carbocycles. The van der Waals surface area contributed by atoms with Crippen molar-refractivity contribution in [3.8, 4) is 5.88 Å². The molecule has 0 aliphatic carbocycles. The molecule has 1 aromatic heterocycles. The van der Waals surface area contributed by atoms with Gasteiger partial charge in [-0.15, -0.1) is 12.4 Å². The van der Waals surface area contributed by atoms with Crippen LogP contribution in [0.4, 0.5) is 0 Å². The Kier molecular flexibility index (Phi) is 4.83. The first kappa shape index (κ1) is 13.1. The summed E-state index contributed by atoms with van der Waals surface area (Å²) in [4.78, 5) is 11.4. The number of piperidine rings is 1. The fraction of sp³-hybridized carbons (Fsp3) is 0.545. The highest BCUT2D eigenvalue weighted by Gasteiger charge is 2.15. The maximum Gasteiger partial charge on any atom is 0.253 e. The third-order valence-corrected chi connectivity index (χ3v) is 2.71. The van der Waals surface area contributed by atoms with Crippen LogP contribution in [-0.2, 0) is 7.05 Å². The highest BCUT2D eigenvalue weighted by molar-refractivity contribution is 5.85. The Morgan fingerprint density at radius 1 is 1.38 bits per heavy atom. The number of aromatic nitrogens is 1. The lowest BCUT2D eigenvalue weighted by Gasteiger charge is -2.24.